The summed E-state index contributed by atoms with van der Waals surface area (Å²) in [4.78, 5) is 59.0. The number of alkyl carbamates (subject to hydrolysis) is 1. The summed E-state index contributed by atoms with van der Waals surface area (Å²) < 4.78 is 15.4. The SMILES string of the molecule is CC.CCOC(=O)NC1C(O)OC(CO)C(O)C1O[C@H](C)C(=O)N[C@@H](C)C(=O)N[C@H](CCC(=O)O)C(N)=O. The van der Waals surface area contributed by atoms with Gasteiger partial charge in [0.2, 0.25) is 17.7 Å². The Balaban J connectivity index is 0.00000667. The van der Waals surface area contributed by atoms with Crippen molar-refractivity contribution in [2.24, 2.45) is 5.73 Å². The van der Waals surface area contributed by atoms with Crippen LogP contribution in [-0.4, -0.2) is 112 Å². The molecule has 5 unspecified atom stereocenters. The van der Waals surface area contributed by atoms with Gasteiger partial charge in [-0.3, -0.25) is 19.2 Å². The third-order valence-corrected chi connectivity index (χ3v) is 5.22. The molecule has 220 valence electrons. The molecule has 0 aromatic heterocycles. The third kappa shape index (κ3) is 11.1. The van der Waals surface area contributed by atoms with Gasteiger partial charge in [-0.05, 0) is 27.2 Å². The lowest BCUT2D eigenvalue weighted by atomic mass is 9.96. The zero-order valence-electron chi connectivity index (χ0n) is 22.1. The number of hydrogen-bond donors (Lipinski definition) is 8. The van der Waals surface area contributed by atoms with Crippen LogP contribution in [0.4, 0.5) is 4.79 Å². The standard InChI is InChI=1S/C20H34N4O12.C2H6/c1-4-34-20(33)24-13-15(14(28)11(7-25)36-19(13)32)35-9(3)18(31)22-8(2)17(30)23-10(16(21)29)5-6-12(26)27;1-2/h8-11,13-15,19,25,28,32H,4-7H2,1-3H3,(H2,21,29)(H,22,31)(H,23,30)(H,24,33)(H,26,27);1-2H3/t8-,9+,10+,11?,13?,14?,15?,19?;/m0./s1. The number of aliphatic hydroxyl groups is 3. The average molecular weight is 553 g/mol. The maximum Gasteiger partial charge on any atom is 0.407 e. The van der Waals surface area contributed by atoms with Crippen LogP contribution in [0.5, 0.6) is 0 Å². The van der Waals surface area contributed by atoms with Gasteiger partial charge >= 0.3 is 12.1 Å². The second-order valence-corrected chi connectivity index (χ2v) is 8.00. The molecule has 16 nitrogen and oxygen atoms in total. The Morgan fingerprint density at radius 1 is 1.05 bits per heavy atom. The first-order chi connectivity index (χ1) is 17.8. The van der Waals surface area contributed by atoms with Crippen molar-refractivity contribution in [2.75, 3.05) is 13.2 Å². The maximum atomic E-state index is 12.6. The number of hydrogen-bond acceptors (Lipinski definition) is 11. The van der Waals surface area contributed by atoms with Gasteiger partial charge in [0.25, 0.3) is 0 Å². The molecule has 1 saturated heterocycles. The van der Waals surface area contributed by atoms with E-state index in [9.17, 15) is 39.3 Å². The van der Waals surface area contributed by atoms with Gasteiger partial charge in [0.05, 0.1) is 13.2 Å². The number of nitrogens with one attached hydrogen (secondary N) is 3. The summed E-state index contributed by atoms with van der Waals surface area (Å²) in [5.74, 6) is -3.82. The van der Waals surface area contributed by atoms with E-state index in [1.807, 2.05) is 13.8 Å². The van der Waals surface area contributed by atoms with Crippen molar-refractivity contribution in [3.8, 4) is 0 Å². The predicted octanol–water partition coefficient (Wildman–Crippen LogP) is -2.69. The molecule has 16 heteroatoms. The van der Waals surface area contributed by atoms with Gasteiger partial charge in [0, 0.05) is 6.42 Å². The van der Waals surface area contributed by atoms with Crippen molar-refractivity contribution >= 4 is 29.8 Å². The Bertz CT molecular complexity index is 798. The number of rotatable bonds is 13. The number of ether oxygens (including phenoxy) is 3. The smallest absolute Gasteiger partial charge is 0.407 e. The summed E-state index contributed by atoms with van der Waals surface area (Å²) in [6.07, 6.45) is -9.01. The fourth-order valence-corrected chi connectivity index (χ4v) is 3.25. The summed E-state index contributed by atoms with van der Waals surface area (Å²) >= 11 is 0. The fourth-order valence-electron chi connectivity index (χ4n) is 3.25. The monoisotopic (exact) mass is 552 g/mol. The van der Waals surface area contributed by atoms with Gasteiger partial charge in [-0.1, -0.05) is 13.8 Å². The molecule has 1 aliphatic rings. The number of carbonyl (C=O) groups excluding carboxylic acids is 4. The number of carboxylic acids is 1. The maximum absolute atomic E-state index is 12.6. The van der Waals surface area contributed by atoms with Crippen molar-refractivity contribution in [2.45, 2.75) is 96.3 Å². The number of carbonyl (C=O) groups is 5. The molecule has 0 saturated carbocycles. The number of nitrogens with two attached hydrogens (primary N) is 1. The Labute approximate surface area is 220 Å². The molecule has 4 amide bonds. The molecule has 1 aliphatic heterocycles. The Hall–Kier alpha value is -3.05. The third-order valence-electron chi connectivity index (χ3n) is 5.22. The second kappa shape index (κ2) is 17.5. The molecule has 38 heavy (non-hydrogen) atoms. The van der Waals surface area contributed by atoms with Crippen LogP contribution in [-0.2, 0) is 33.4 Å². The molecule has 0 spiro atoms. The summed E-state index contributed by atoms with van der Waals surface area (Å²) in [5.41, 5.74) is 5.17. The highest BCUT2D eigenvalue weighted by Gasteiger charge is 2.47. The van der Waals surface area contributed by atoms with E-state index in [1.165, 1.54) is 13.8 Å². The minimum atomic E-state index is -1.73. The first-order valence-corrected chi connectivity index (χ1v) is 12.1. The highest BCUT2D eigenvalue weighted by Crippen LogP contribution is 2.24. The van der Waals surface area contributed by atoms with E-state index in [4.69, 9.17) is 25.1 Å². The van der Waals surface area contributed by atoms with Crippen LogP contribution in [0.2, 0.25) is 0 Å². The van der Waals surface area contributed by atoms with Crippen LogP contribution in [0, 0.1) is 0 Å². The molecule has 1 fully saturated rings. The highest BCUT2D eigenvalue weighted by molar-refractivity contribution is 5.92. The lowest BCUT2D eigenvalue weighted by Gasteiger charge is -2.43. The van der Waals surface area contributed by atoms with Crippen LogP contribution in [0.15, 0.2) is 0 Å². The first-order valence-electron chi connectivity index (χ1n) is 12.1. The normalized spacial score (nSPS) is 24.9. The molecule has 9 N–H and O–H groups in total. The lowest BCUT2D eigenvalue weighted by molar-refractivity contribution is -0.265. The Kier molecular flexibility index (Phi) is 16.1. The highest BCUT2D eigenvalue weighted by atomic mass is 16.6. The molecule has 0 bridgehead atoms. The molecule has 1 rings (SSSR count). The van der Waals surface area contributed by atoms with E-state index in [1.54, 1.807) is 6.92 Å². The lowest BCUT2D eigenvalue weighted by Crippen LogP contribution is -2.66. The van der Waals surface area contributed by atoms with Gasteiger partial charge in [-0.2, -0.15) is 0 Å². The van der Waals surface area contributed by atoms with Crippen LogP contribution >= 0.6 is 0 Å². The van der Waals surface area contributed by atoms with E-state index >= 15 is 0 Å². The fraction of sp³-hybridized carbons (Fsp3) is 0.773. The largest absolute Gasteiger partial charge is 0.481 e. The van der Waals surface area contributed by atoms with Crippen molar-refractivity contribution < 1.29 is 58.6 Å². The summed E-state index contributed by atoms with van der Waals surface area (Å²) in [6, 6.07) is -3.87. The summed E-state index contributed by atoms with van der Waals surface area (Å²) in [5, 5.41) is 45.7. The molecule has 0 aromatic rings. The van der Waals surface area contributed by atoms with Gasteiger partial charge in [-0.25, -0.2) is 4.79 Å². The predicted molar refractivity (Wildman–Crippen MR) is 129 cm³/mol. The van der Waals surface area contributed by atoms with Crippen LogP contribution in [0.3, 0.4) is 0 Å². The van der Waals surface area contributed by atoms with Crippen molar-refractivity contribution in [3.63, 3.8) is 0 Å². The molecular weight excluding hydrogens is 512 g/mol. The zero-order valence-corrected chi connectivity index (χ0v) is 22.1. The molecule has 0 aliphatic carbocycles. The van der Waals surface area contributed by atoms with Gasteiger partial charge in [0.1, 0.15) is 42.5 Å². The molecule has 1 heterocycles. The van der Waals surface area contributed by atoms with Crippen LogP contribution in [0.1, 0.15) is 47.5 Å². The first kappa shape index (κ1) is 35.0. The zero-order chi connectivity index (χ0) is 29.6. The van der Waals surface area contributed by atoms with Crippen molar-refractivity contribution in [3.05, 3.63) is 0 Å². The Morgan fingerprint density at radius 3 is 2.16 bits per heavy atom. The molecule has 0 aromatic carbocycles. The van der Waals surface area contributed by atoms with Gasteiger partial charge in [0.15, 0.2) is 6.29 Å². The number of aliphatic hydroxyl groups excluding tert-OH is 3. The van der Waals surface area contributed by atoms with E-state index in [-0.39, 0.29) is 13.0 Å². The van der Waals surface area contributed by atoms with Crippen LogP contribution in [0.25, 0.3) is 0 Å². The molecular formula is C22H40N4O12. The van der Waals surface area contributed by atoms with Crippen molar-refractivity contribution in [1.82, 2.24) is 16.0 Å². The van der Waals surface area contributed by atoms with E-state index in [0.29, 0.717) is 0 Å². The summed E-state index contributed by atoms with van der Waals surface area (Å²) in [7, 11) is 0. The van der Waals surface area contributed by atoms with Crippen molar-refractivity contribution in [1.29, 1.82) is 0 Å². The number of carboxylic acid groups (broad SMARTS) is 1. The van der Waals surface area contributed by atoms with E-state index < -0.39 is 91.6 Å². The van der Waals surface area contributed by atoms with E-state index in [2.05, 4.69) is 16.0 Å². The second-order valence-electron chi connectivity index (χ2n) is 8.00. The number of aliphatic carboxylic acids is 1. The topological polar surface area (TPSA) is 256 Å². The molecule has 0 radical (unpaired) electrons. The number of primary amides is 1. The number of amides is 4. The Morgan fingerprint density at radius 2 is 1.66 bits per heavy atom. The minimum absolute atomic E-state index is 0.00846. The summed E-state index contributed by atoms with van der Waals surface area (Å²) in [6.45, 7) is 7.40. The van der Waals surface area contributed by atoms with E-state index in [0.717, 1.165) is 0 Å². The van der Waals surface area contributed by atoms with Gasteiger partial charge in [-0.15, -0.1) is 0 Å². The quantitative estimate of drug-likeness (QED) is 0.116. The van der Waals surface area contributed by atoms with Crippen LogP contribution < -0.4 is 21.7 Å². The van der Waals surface area contributed by atoms with Gasteiger partial charge < -0.3 is 56.3 Å². The average Bonchev–Trinajstić information content (AvgIpc) is 2.86. The molecule has 8 atom stereocenters. The minimum Gasteiger partial charge on any atom is -0.481 e.